The maximum absolute atomic E-state index is 11.5. The first kappa shape index (κ1) is 13.1. The lowest BCUT2D eigenvalue weighted by atomic mass is 10.0. The van der Waals surface area contributed by atoms with E-state index in [4.69, 9.17) is 6.42 Å². The Balaban J connectivity index is 2.63. The largest absolute Gasteiger partial charge is 0.331 e. The van der Waals surface area contributed by atoms with Gasteiger partial charge in [-0.05, 0) is 18.9 Å². The quantitative estimate of drug-likeness (QED) is 0.766. The monoisotopic (exact) mass is 230 g/mol. The van der Waals surface area contributed by atoms with Gasteiger partial charge in [-0.2, -0.15) is 0 Å². The fourth-order valence-electron chi connectivity index (χ4n) is 1.56. The number of carbonyl (C=O) groups is 1. The van der Waals surface area contributed by atoms with Gasteiger partial charge in [-0.15, -0.1) is 6.42 Å². The minimum atomic E-state index is -0.227. The van der Waals surface area contributed by atoms with E-state index in [0.717, 1.165) is 12.0 Å². The van der Waals surface area contributed by atoms with Crippen molar-refractivity contribution in [1.29, 1.82) is 0 Å². The lowest BCUT2D eigenvalue weighted by Gasteiger charge is -2.17. The van der Waals surface area contributed by atoms with Crippen LogP contribution >= 0.6 is 0 Å². The van der Waals surface area contributed by atoms with Crippen molar-refractivity contribution < 1.29 is 4.79 Å². The van der Waals surface area contributed by atoms with Crippen LogP contribution in [0.4, 0.5) is 4.79 Å². The molecule has 0 unspecified atom stereocenters. The third-order valence-corrected chi connectivity index (χ3v) is 2.54. The van der Waals surface area contributed by atoms with Gasteiger partial charge in [0.1, 0.15) is 0 Å². The van der Waals surface area contributed by atoms with E-state index < -0.39 is 0 Å². The highest BCUT2D eigenvalue weighted by Gasteiger charge is 2.11. The number of terminal acetylenes is 1. The second-order valence-electron chi connectivity index (χ2n) is 3.90. The van der Waals surface area contributed by atoms with Crippen LogP contribution in [-0.2, 0) is 0 Å². The summed E-state index contributed by atoms with van der Waals surface area (Å²) in [6.45, 7) is 4.32. The third kappa shape index (κ3) is 4.20. The van der Waals surface area contributed by atoms with Gasteiger partial charge >= 0.3 is 6.03 Å². The average Bonchev–Trinajstić information content (AvgIpc) is 2.34. The molecule has 0 saturated heterocycles. The number of aryl methyl sites for hydroxylation is 1. The number of amides is 2. The summed E-state index contributed by atoms with van der Waals surface area (Å²) in [5.74, 6) is 2.37. The summed E-state index contributed by atoms with van der Waals surface area (Å²) in [7, 11) is 0. The molecule has 0 aliphatic carbocycles. The molecule has 0 aliphatic rings. The van der Waals surface area contributed by atoms with E-state index in [1.54, 1.807) is 0 Å². The molecule has 2 amide bonds. The van der Waals surface area contributed by atoms with Gasteiger partial charge in [0.15, 0.2) is 0 Å². The van der Waals surface area contributed by atoms with Crippen LogP contribution in [0.25, 0.3) is 0 Å². The number of carbonyl (C=O) groups excluding carboxylic acids is 1. The zero-order valence-corrected chi connectivity index (χ0v) is 10.3. The van der Waals surface area contributed by atoms with Gasteiger partial charge in [0.2, 0.25) is 0 Å². The molecule has 1 aromatic carbocycles. The van der Waals surface area contributed by atoms with Gasteiger partial charge in [-0.1, -0.05) is 42.7 Å². The molecular formula is C14H18N2O. The topological polar surface area (TPSA) is 41.1 Å². The van der Waals surface area contributed by atoms with E-state index in [2.05, 4.69) is 16.6 Å². The van der Waals surface area contributed by atoms with Crippen LogP contribution in [0.2, 0.25) is 0 Å². The lowest BCUT2D eigenvalue weighted by molar-refractivity contribution is 0.238. The van der Waals surface area contributed by atoms with Crippen molar-refractivity contribution in [2.45, 2.75) is 26.3 Å². The number of benzene rings is 1. The first-order chi connectivity index (χ1) is 8.17. The summed E-state index contributed by atoms with van der Waals surface area (Å²) in [5, 5.41) is 5.48. The molecule has 3 nitrogen and oxygen atoms in total. The summed E-state index contributed by atoms with van der Waals surface area (Å²) in [6.07, 6.45) is 5.92. The second-order valence-corrected chi connectivity index (χ2v) is 3.90. The van der Waals surface area contributed by atoms with Crippen molar-refractivity contribution in [1.82, 2.24) is 10.6 Å². The van der Waals surface area contributed by atoms with E-state index in [1.165, 1.54) is 5.56 Å². The van der Waals surface area contributed by atoms with E-state index in [-0.39, 0.29) is 18.6 Å². The second kappa shape index (κ2) is 6.59. The average molecular weight is 230 g/mol. The highest BCUT2D eigenvalue weighted by atomic mass is 16.2. The minimum absolute atomic E-state index is 0.0216. The summed E-state index contributed by atoms with van der Waals surface area (Å²) < 4.78 is 0. The molecule has 1 rings (SSSR count). The molecule has 0 aliphatic heterocycles. The number of urea groups is 1. The first-order valence-corrected chi connectivity index (χ1v) is 5.71. The highest BCUT2D eigenvalue weighted by molar-refractivity contribution is 5.74. The Morgan fingerprint density at radius 2 is 2.06 bits per heavy atom. The number of hydrogen-bond donors (Lipinski definition) is 2. The standard InChI is InChI=1S/C14H18N2O/c1-4-10-15-14(17)16-13(5-2)12-8-6-11(3)7-9-12/h1,6-9,13H,5,10H2,2-3H3,(H2,15,16,17)/t13-/m1/s1. The fraction of sp³-hybridized carbons (Fsp3) is 0.357. The van der Waals surface area contributed by atoms with Gasteiger partial charge in [-0.25, -0.2) is 4.79 Å². The predicted molar refractivity (Wildman–Crippen MR) is 69.6 cm³/mol. The van der Waals surface area contributed by atoms with Gasteiger partial charge in [0, 0.05) is 0 Å². The Kier molecular flexibility index (Phi) is 5.09. The van der Waals surface area contributed by atoms with Crippen molar-refractivity contribution in [2.75, 3.05) is 6.54 Å². The van der Waals surface area contributed by atoms with Crippen LogP contribution in [0.1, 0.15) is 30.5 Å². The number of hydrogen-bond acceptors (Lipinski definition) is 1. The van der Waals surface area contributed by atoms with Crippen LogP contribution in [-0.4, -0.2) is 12.6 Å². The van der Waals surface area contributed by atoms with E-state index in [0.29, 0.717) is 0 Å². The van der Waals surface area contributed by atoms with Crippen molar-refractivity contribution in [3.63, 3.8) is 0 Å². The molecule has 1 aromatic rings. The van der Waals surface area contributed by atoms with E-state index >= 15 is 0 Å². The molecule has 17 heavy (non-hydrogen) atoms. The normalized spacial score (nSPS) is 11.4. The number of nitrogens with one attached hydrogen (secondary N) is 2. The van der Waals surface area contributed by atoms with Crippen LogP contribution in [0.15, 0.2) is 24.3 Å². The summed E-state index contributed by atoms with van der Waals surface area (Å²) in [5.41, 5.74) is 2.31. The van der Waals surface area contributed by atoms with Gasteiger partial charge in [-0.3, -0.25) is 0 Å². The fourth-order valence-corrected chi connectivity index (χ4v) is 1.56. The maximum atomic E-state index is 11.5. The van der Waals surface area contributed by atoms with Crippen LogP contribution in [0.3, 0.4) is 0 Å². The van der Waals surface area contributed by atoms with Crippen molar-refractivity contribution in [3.8, 4) is 12.3 Å². The Bertz CT molecular complexity index is 403. The Morgan fingerprint density at radius 3 is 2.59 bits per heavy atom. The van der Waals surface area contributed by atoms with E-state index in [1.807, 2.05) is 38.1 Å². The van der Waals surface area contributed by atoms with Gasteiger partial charge in [0.25, 0.3) is 0 Å². The summed E-state index contributed by atoms with van der Waals surface area (Å²) in [6, 6.07) is 7.94. The Morgan fingerprint density at radius 1 is 1.41 bits per heavy atom. The molecular weight excluding hydrogens is 212 g/mol. The molecule has 0 saturated carbocycles. The van der Waals surface area contributed by atoms with Crippen molar-refractivity contribution in [2.24, 2.45) is 0 Å². The van der Waals surface area contributed by atoms with E-state index in [9.17, 15) is 4.79 Å². The Hall–Kier alpha value is -1.95. The SMILES string of the molecule is C#CCNC(=O)N[C@H](CC)c1ccc(C)cc1. The van der Waals surface area contributed by atoms with Crippen molar-refractivity contribution in [3.05, 3.63) is 35.4 Å². The number of rotatable bonds is 4. The molecule has 2 N–H and O–H groups in total. The van der Waals surface area contributed by atoms with Crippen LogP contribution in [0.5, 0.6) is 0 Å². The molecule has 3 heteroatoms. The lowest BCUT2D eigenvalue weighted by Crippen LogP contribution is -2.37. The van der Waals surface area contributed by atoms with Crippen LogP contribution in [0, 0.1) is 19.3 Å². The molecule has 0 radical (unpaired) electrons. The molecule has 0 fully saturated rings. The predicted octanol–water partition coefficient (Wildman–Crippen LogP) is 2.38. The Labute approximate surface area is 103 Å². The maximum Gasteiger partial charge on any atom is 0.316 e. The summed E-state index contributed by atoms with van der Waals surface area (Å²) >= 11 is 0. The molecule has 90 valence electrons. The highest BCUT2D eigenvalue weighted by Crippen LogP contribution is 2.16. The molecule has 0 spiro atoms. The van der Waals surface area contributed by atoms with Crippen molar-refractivity contribution >= 4 is 6.03 Å². The summed E-state index contributed by atoms with van der Waals surface area (Å²) in [4.78, 5) is 11.5. The zero-order chi connectivity index (χ0) is 12.7. The van der Waals surface area contributed by atoms with Gasteiger partial charge in [0.05, 0.1) is 12.6 Å². The first-order valence-electron chi connectivity index (χ1n) is 5.71. The van der Waals surface area contributed by atoms with Crippen LogP contribution < -0.4 is 10.6 Å². The zero-order valence-electron chi connectivity index (χ0n) is 10.3. The third-order valence-electron chi connectivity index (χ3n) is 2.54. The molecule has 0 aromatic heterocycles. The molecule has 1 atom stereocenters. The molecule has 0 heterocycles. The molecule has 0 bridgehead atoms. The minimum Gasteiger partial charge on any atom is -0.331 e. The van der Waals surface area contributed by atoms with Gasteiger partial charge < -0.3 is 10.6 Å². The smallest absolute Gasteiger partial charge is 0.316 e.